The van der Waals surface area contributed by atoms with Crippen molar-refractivity contribution in [1.82, 2.24) is 10.3 Å². The molecule has 112 valence electrons. The van der Waals surface area contributed by atoms with Crippen LogP contribution in [0.2, 0.25) is 0 Å². The zero-order chi connectivity index (χ0) is 15.8. The van der Waals surface area contributed by atoms with E-state index in [0.717, 1.165) is 5.69 Å². The Morgan fingerprint density at radius 1 is 1.27 bits per heavy atom. The van der Waals surface area contributed by atoms with Gasteiger partial charge >= 0.3 is 0 Å². The van der Waals surface area contributed by atoms with E-state index in [-0.39, 0.29) is 18.4 Å². The third kappa shape index (κ3) is 4.40. The van der Waals surface area contributed by atoms with E-state index in [0.29, 0.717) is 24.1 Å². The van der Waals surface area contributed by atoms with Crippen LogP contribution in [0.4, 0.5) is 0 Å². The van der Waals surface area contributed by atoms with E-state index in [4.69, 9.17) is 5.26 Å². The maximum atomic E-state index is 12.0. The van der Waals surface area contributed by atoms with Crippen LogP contribution >= 0.6 is 0 Å². The van der Waals surface area contributed by atoms with E-state index in [1.165, 1.54) is 0 Å². The number of aromatic nitrogens is 1. The number of aliphatic hydroxyl groups excluding tert-OH is 1. The molecule has 0 spiro atoms. The molecular weight excluding hydrogens is 278 g/mol. The van der Waals surface area contributed by atoms with E-state index in [9.17, 15) is 9.90 Å². The van der Waals surface area contributed by atoms with Gasteiger partial charge in [-0.1, -0.05) is 6.07 Å². The summed E-state index contributed by atoms with van der Waals surface area (Å²) in [4.78, 5) is 16.2. The molecule has 0 radical (unpaired) electrons. The molecule has 5 nitrogen and oxygen atoms in total. The van der Waals surface area contributed by atoms with Crippen LogP contribution in [-0.2, 0) is 6.42 Å². The lowest BCUT2D eigenvalue weighted by atomic mass is 10.0. The van der Waals surface area contributed by atoms with Gasteiger partial charge in [-0.05, 0) is 42.8 Å². The van der Waals surface area contributed by atoms with Gasteiger partial charge in [-0.15, -0.1) is 0 Å². The molecule has 1 aromatic carbocycles. The molecule has 2 rings (SSSR count). The summed E-state index contributed by atoms with van der Waals surface area (Å²) in [5.41, 5.74) is 1.89. The number of nitriles is 1. The number of hydrogen-bond acceptors (Lipinski definition) is 4. The highest BCUT2D eigenvalue weighted by Crippen LogP contribution is 2.07. The van der Waals surface area contributed by atoms with E-state index in [2.05, 4.69) is 10.3 Å². The number of nitrogens with zero attached hydrogens (tertiary/aromatic N) is 2. The summed E-state index contributed by atoms with van der Waals surface area (Å²) < 4.78 is 0. The zero-order valence-corrected chi connectivity index (χ0v) is 12.1. The van der Waals surface area contributed by atoms with Gasteiger partial charge in [0, 0.05) is 36.5 Å². The lowest BCUT2D eigenvalue weighted by molar-refractivity contribution is 0.0940. The molecule has 0 aliphatic carbocycles. The van der Waals surface area contributed by atoms with Crippen molar-refractivity contribution in [1.29, 1.82) is 5.26 Å². The van der Waals surface area contributed by atoms with E-state index in [1.54, 1.807) is 30.5 Å². The minimum Gasteiger partial charge on any atom is -0.396 e. The van der Waals surface area contributed by atoms with Crippen molar-refractivity contribution in [2.75, 3.05) is 13.2 Å². The van der Waals surface area contributed by atoms with Gasteiger partial charge in [0.1, 0.15) is 0 Å². The zero-order valence-electron chi connectivity index (χ0n) is 12.1. The minimum absolute atomic E-state index is 0.0236. The van der Waals surface area contributed by atoms with Crippen LogP contribution in [0, 0.1) is 17.2 Å². The van der Waals surface area contributed by atoms with Gasteiger partial charge in [0.05, 0.1) is 11.6 Å². The van der Waals surface area contributed by atoms with Crippen LogP contribution < -0.4 is 5.32 Å². The van der Waals surface area contributed by atoms with Crippen LogP contribution in [0.25, 0.3) is 0 Å². The van der Waals surface area contributed by atoms with Crippen molar-refractivity contribution < 1.29 is 9.90 Å². The summed E-state index contributed by atoms with van der Waals surface area (Å²) in [6, 6.07) is 14.1. The number of amides is 1. The number of pyridine rings is 1. The van der Waals surface area contributed by atoms with Gasteiger partial charge in [-0.2, -0.15) is 5.26 Å². The second-order valence-corrected chi connectivity index (χ2v) is 4.97. The predicted molar refractivity (Wildman–Crippen MR) is 82.0 cm³/mol. The smallest absolute Gasteiger partial charge is 0.251 e. The van der Waals surface area contributed by atoms with Crippen molar-refractivity contribution in [2.24, 2.45) is 5.92 Å². The molecule has 0 bridgehead atoms. The van der Waals surface area contributed by atoms with Crippen LogP contribution in [0.15, 0.2) is 48.7 Å². The fraction of sp³-hybridized carbons (Fsp3) is 0.235. The quantitative estimate of drug-likeness (QED) is 0.846. The first kappa shape index (κ1) is 15.7. The van der Waals surface area contributed by atoms with Crippen LogP contribution in [-0.4, -0.2) is 29.1 Å². The van der Waals surface area contributed by atoms with Crippen molar-refractivity contribution in [2.45, 2.75) is 6.42 Å². The number of rotatable bonds is 6. The summed E-state index contributed by atoms with van der Waals surface area (Å²) in [7, 11) is 0. The number of nitrogens with one attached hydrogen (secondary N) is 1. The van der Waals surface area contributed by atoms with Crippen molar-refractivity contribution in [3.63, 3.8) is 0 Å². The highest BCUT2D eigenvalue weighted by atomic mass is 16.3. The highest BCUT2D eigenvalue weighted by molar-refractivity contribution is 5.94. The first-order valence-electron chi connectivity index (χ1n) is 7.02. The van der Waals surface area contributed by atoms with Crippen molar-refractivity contribution >= 4 is 5.91 Å². The summed E-state index contributed by atoms with van der Waals surface area (Å²) in [6.45, 7) is 0.343. The number of benzene rings is 1. The fourth-order valence-corrected chi connectivity index (χ4v) is 2.05. The Hall–Kier alpha value is -2.71. The molecule has 5 heteroatoms. The molecule has 1 aromatic heterocycles. The number of carbonyl (C=O) groups is 1. The molecule has 0 fully saturated rings. The molecule has 1 unspecified atom stereocenters. The molecule has 0 saturated heterocycles. The molecule has 2 aromatic rings. The van der Waals surface area contributed by atoms with Gasteiger partial charge in [-0.25, -0.2) is 0 Å². The SMILES string of the molecule is N#Cc1ccc(C(=O)NCC(CO)Cc2ccccn2)cc1. The summed E-state index contributed by atoms with van der Waals surface area (Å²) >= 11 is 0. The van der Waals surface area contributed by atoms with Gasteiger partial charge in [0.25, 0.3) is 5.91 Å². The Kier molecular flexibility index (Phi) is 5.64. The topological polar surface area (TPSA) is 86.0 Å². The molecule has 2 N–H and O–H groups in total. The second kappa shape index (κ2) is 7.91. The predicted octanol–water partition coefficient (Wildman–Crippen LogP) is 1.53. The minimum atomic E-state index is -0.219. The number of carbonyl (C=O) groups excluding carboxylic acids is 1. The van der Waals surface area contributed by atoms with E-state index >= 15 is 0 Å². The Bertz CT molecular complexity index is 648. The average Bonchev–Trinajstić information content (AvgIpc) is 2.59. The van der Waals surface area contributed by atoms with Gasteiger partial charge in [0.2, 0.25) is 0 Å². The van der Waals surface area contributed by atoms with E-state index in [1.807, 2.05) is 24.3 Å². The third-order valence-electron chi connectivity index (χ3n) is 3.31. The normalized spacial score (nSPS) is 11.5. The first-order chi connectivity index (χ1) is 10.7. The third-order valence-corrected chi connectivity index (χ3v) is 3.31. The fourth-order valence-electron chi connectivity index (χ4n) is 2.05. The lowest BCUT2D eigenvalue weighted by Crippen LogP contribution is -2.32. The van der Waals surface area contributed by atoms with Crippen molar-refractivity contribution in [3.8, 4) is 6.07 Å². The van der Waals surface area contributed by atoms with Gasteiger partial charge in [-0.3, -0.25) is 9.78 Å². The molecule has 1 atom stereocenters. The first-order valence-corrected chi connectivity index (χ1v) is 7.02. The van der Waals surface area contributed by atoms with Crippen LogP contribution in [0.1, 0.15) is 21.6 Å². The van der Waals surface area contributed by atoms with Crippen LogP contribution in [0.3, 0.4) is 0 Å². The Balaban J connectivity index is 1.89. The second-order valence-electron chi connectivity index (χ2n) is 4.97. The largest absolute Gasteiger partial charge is 0.396 e. The lowest BCUT2D eigenvalue weighted by Gasteiger charge is -2.14. The summed E-state index contributed by atoms with van der Waals surface area (Å²) in [6.07, 6.45) is 2.31. The summed E-state index contributed by atoms with van der Waals surface area (Å²) in [5.74, 6) is -0.304. The molecule has 22 heavy (non-hydrogen) atoms. The number of aliphatic hydroxyl groups is 1. The summed E-state index contributed by atoms with van der Waals surface area (Å²) in [5, 5.41) is 21.0. The maximum Gasteiger partial charge on any atom is 0.251 e. The maximum absolute atomic E-state index is 12.0. The standard InChI is InChI=1S/C17H17N3O2/c18-10-13-4-6-15(7-5-13)17(22)20-11-14(12-21)9-16-3-1-2-8-19-16/h1-8,14,21H,9,11-12H2,(H,20,22). The molecule has 0 aliphatic heterocycles. The van der Waals surface area contributed by atoms with Crippen molar-refractivity contribution in [3.05, 3.63) is 65.5 Å². The Labute approximate surface area is 129 Å². The van der Waals surface area contributed by atoms with Gasteiger partial charge < -0.3 is 10.4 Å². The monoisotopic (exact) mass is 295 g/mol. The average molecular weight is 295 g/mol. The molecule has 1 amide bonds. The molecule has 1 heterocycles. The molecular formula is C17H17N3O2. The van der Waals surface area contributed by atoms with Crippen LogP contribution in [0.5, 0.6) is 0 Å². The Morgan fingerprint density at radius 3 is 2.64 bits per heavy atom. The Morgan fingerprint density at radius 2 is 2.05 bits per heavy atom. The molecule has 0 aliphatic rings. The highest BCUT2D eigenvalue weighted by Gasteiger charge is 2.12. The molecule has 0 saturated carbocycles. The van der Waals surface area contributed by atoms with E-state index < -0.39 is 0 Å². The number of hydrogen-bond donors (Lipinski definition) is 2. The van der Waals surface area contributed by atoms with Gasteiger partial charge in [0.15, 0.2) is 0 Å².